The van der Waals surface area contributed by atoms with E-state index in [9.17, 15) is 14.4 Å². The van der Waals surface area contributed by atoms with Crippen molar-refractivity contribution in [1.29, 1.82) is 0 Å². The molecule has 0 bridgehead atoms. The van der Waals surface area contributed by atoms with Crippen molar-refractivity contribution in [2.24, 2.45) is 0 Å². The van der Waals surface area contributed by atoms with Gasteiger partial charge in [-0.05, 0) is 51.0 Å². The number of carbonyl (C=O) groups excluding carboxylic acids is 3. The van der Waals surface area contributed by atoms with Crippen LogP contribution in [0, 0.1) is 11.8 Å². The summed E-state index contributed by atoms with van der Waals surface area (Å²) in [6.45, 7) is 3.07. The van der Waals surface area contributed by atoms with E-state index in [-0.39, 0.29) is 11.8 Å². The summed E-state index contributed by atoms with van der Waals surface area (Å²) < 4.78 is 0. The lowest BCUT2D eigenvalue weighted by Gasteiger charge is -2.30. The summed E-state index contributed by atoms with van der Waals surface area (Å²) >= 11 is 0. The minimum atomic E-state index is -0.394. The van der Waals surface area contributed by atoms with E-state index in [1.54, 1.807) is 6.07 Å². The average molecular weight is 396 g/mol. The van der Waals surface area contributed by atoms with E-state index in [2.05, 4.69) is 27.8 Å². The van der Waals surface area contributed by atoms with Gasteiger partial charge >= 0.3 is 0 Å². The van der Waals surface area contributed by atoms with E-state index < -0.39 is 6.04 Å². The molecule has 1 atom stereocenters. The fraction of sp³-hybridized carbons (Fsp3) is 0.500. The van der Waals surface area contributed by atoms with Crippen LogP contribution in [0.15, 0.2) is 18.2 Å². The number of carbonyl (C=O) groups is 3. The molecular weight excluding hydrogens is 368 g/mol. The largest absolute Gasteiger partial charge is 0.317 e. The first-order valence-corrected chi connectivity index (χ1v) is 10.1. The molecule has 1 aromatic rings. The number of nitrogens with zero attached hydrogens (tertiary/aromatic N) is 1. The second kappa shape index (κ2) is 10.3. The molecule has 0 aliphatic carbocycles. The average Bonchev–Trinajstić information content (AvgIpc) is 2.72. The Morgan fingerprint density at radius 2 is 2.03 bits per heavy atom. The lowest BCUT2D eigenvalue weighted by molar-refractivity contribution is -0.137. The maximum Gasteiger partial charge on any atom is 0.243 e. The van der Waals surface area contributed by atoms with Crippen LogP contribution in [0.5, 0.6) is 0 Å². The van der Waals surface area contributed by atoms with Crippen LogP contribution in [0.3, 0.4) is 0 Å². The minimum Gasteiger partial charge on any atom is -0.317 e. The third kappa shape index (κ3) is 5.73. The molecule has 2 heterocycles. The zero-order chi connectivity index (χ0) is 20.6. The number of aldehydes is 1. The molecule has 2 aliphatic rings. The van der Waals surface area contributed by atoms with Gasteiger partial charge in [0, 0.05) is 30.1 Å². The van der Waals surface area contributed by atoms with Crippen LogP contribution in [0.2, 0.25) is 0 Å². The Hall–Kier alpha value is -2.53. The predicted octanol–water partition coefficient (Wildman–Crippen LogP) is 0.429. The van der Waals surface area contributed by atoms with Gasteiger partial charge in [0.25, 0.3) is 0 Å². The molecule has 0 radical (unpaired) electrons. The van der Waals surface area contributed by atoms with Crippen LogP contribution < -0.4 is 16.0 Å². The summed E-state index contributed by atoms with van der Waals surface area (Å²) in [7, 11) is 1.83. The van der Waals surface area contributed by atoms with Crippen molar-refractivity contribution in [2.75, 3.05) is 26.7 Å². The highest BCUT2D eigenvalue weighted by Crippen LogP contribution is 2.19. The molecule has 29 heavy (non-hydrogen) atoms. The molecule has 3 N–H and O–H groups in total. The summed E-state index contributed by atoms with van der Waals surface area (Å²) in [6, 6.07) is 5.58. The van der Waals surface area contributed by atoms with Crippen LogP contribution in [-0.2, 0) is 16.1 Å². The van der Waals surface area contributed by atoms with E-state index >= 15 is 0 Å². The van der Waals surface area contributed by atoms with Crippen molar-refractivity contribution in [3.05, 3.63) is 34.9 Å². The highest BCUT2D eigenvalue weighted by Gasteiger charge is 2.30. The maximum absolute atomic E-state index is 12.2. The molecule has 7 heteroatoms. The van der Waals surface area contributed by atoms with Gasteiger partial charge in [0.2, 0.25) is 11.8 Å². The number of likely N-dealkylation sites (N-methyl/N-ethyl adjacent to an activating group) is 1. The molecule has 154 valence electrons. The molecule has 2 amide bonds. The SMILES string of the molecule is CN(Cc1c(C#CCNC2CCNCC2)cccc1C=O)C1CCC(=O)NC1=O. The van der Waals surface area contributed by atoms with Crippen LogP contribution in [-0.4, -0.2) is 61.8 Å². The first-order valence-electron chi connectivity index (χ1n) is 10.1. The number of amides is 2. The highest BCUT2D eigenvalue weighted by molar-refractivity contribution is 6.00. The molecule has 2 aliphatic heterocycles. The van der Waals surface area contributed by atoms with Gasteiger partial charge in [-0.2, -0.15) is 0 Å². The lowest BCUT2D eigenvalue weighted by Crippen LogP contribution is -2.51. The second-order valence-electron chi connectivity index (χ2n) is 7.58. The Kier molecular flexibility index (Phi) is 7.53. The summed E-state index contributed by atoms with van der Waals surface area (Å²) in [5.74, 6) is 5.83. The van der Waals surface area contributed by atoms with Crippen molar-refractivity contribution in [3.8, 4) is 11.8 Å². The van der Waals surface area contributed by atoms with Gasteiger partial charge in [-0.1, -0.05) is 24.0 Å². The normalized spacial score (nSPS) is 20.1. The highest BCUT2D eigenvalue weighted by atomic mass is 16.2. The molecule has 2 saturated heterocycles. The molecule has 0 spiro atoms. The molecule has 0 aromatic heterocycles. The van der Waals surface area contributed by atoms with E-state index in [0.29, 0.717) is 37.5 Å². The molecular formula is C22H28N4O3. The van der Waals surface area contributed by atoms with E-state index in [1.165, 1.54) is 0 Å². The smallest absolute Gasteiger partial charge is 0.243 e. The Morgan fingerprint density at radius 3 is 2.76 bits per heavy atom. The summed E-state index contributed by atoms with van der Waals surface area (Å²) in [5, 5.41) is 9.19. The molecule has 1 unspecified atom stereocenters. The molecule has 2 fully saturated rings. The van der Waals surface area contributed by atoms with Gasteiger partial charge in [0.15, 0.2) is 0 Å². The quantitative estimate of drug-likeness (QED) is 0.367. The minimum absolute atomic E-state index is 0.235. The van der Waals surface area contributed by atoms with Crippen LogP contribution >= 0.6 is 0 Å². The Labute approximate surface area is 171 Å². The zero-order valence-corrected chi connectivity index (χ0v) is 16.8. The fourth-order valence-electron chi connectivity index (χ4n) is 3.83. The van der Waals surface area contributed by atoms with Crippen molar-refractivity contribution >= 4 is 18.1 Å². The van der Waals surface area contributed by atoms with Gasteiger partial charge in [-0.25, -0.2) is 0 Å². The number of nitrogens with one attached hydrogen (secondary N) is 3. The number of rotatable bonds is 6. The molecule has 0 saturated carbocycles. The maximum atomic E-state index is 12.2. The van der Waals surface area contributed by atoms with Crippen molar-refractivity contribution in [1.82, 2.24) is 20.9 Å². The van der Waals surface area contributed by atoms with E-state index in [0.717, 1.165) is 43.3 Å². The monoisotopic (exact) mass is 396 g/mol. The van der Waals surface area contributed by atoms with Gasteiger partial charge in [-0.3, -0.25) is 24.6 Å². The van der Waals surface area contributed by atoms with Gasteiger partial charge in [-0.15, -0.1) is 0 Å². The van der Waals surface area contributed by atoms with Crippen LogP contribution in [0.25, 0.3) is 0 Å². The lowest BCUT2D eigenvalue weighted by atomic mass is 9.99. The summed E-state index contributed by atoms with van der Waals surface area (Å²) in [5.41, 5.74) is 2.17. The number of hydrogen-bond donors (Lipinski definition) is 3. The van der Waals surface area contributed by atoms with Crippen molar-refractivity contribution < 1.29 is 14.4 Å². The van der Waals surface area contributed by atoms with Crippen molar-refractivity contribution in [3.63, 3.8) is 0 Å². The Morgan fingerprint density at radius 1 is 1.24 bits per heavy atom. The van der Waals surface area contributed by atoms with Gasteiger partial charge in [0.05, 0.1) is 12.6 Å². The topological polar surface area (TPSA) is 90.5 Å². The van der Waals surface area contributed by atoms with E-state index in [1.807, 2.05) is 24.1 Å². The Bertz CT molecular complexity index is 821. The van der Waals surface area contributed by atoms with Gasteiger partial charge in [0.1, 0.15) is 6.29 Å². The molecule has 3 rings (SSSR count). The predicted molar refractivity (Wildman–Crippen MR) is 110 cm³/mol. The van der Waals surface area contributed by atoms with Gasteiger partial charge < -0.3 is 10.6 Å². The fourth-order valence-corrected chi connectivity index (χ4v) is 3.83. The summed E-state index contributed by atoms with van der Waals surface area (Å²) in [6.07, 6.45) is 3.83. The number of imide groups is 1. The standard InChI is InChI=1S/C22H28N4O3/c1-26(20-7-8-21(28)25-22(20)29)14-19-16(4-2-5-17(19)15-27)6-3-11-24-18-9-12-23-13-10-18/h2,4-5,15,18,20,23-24H,7-14H2,1H3,(H,25,28,29). The number of benzene rings is 1. The third-order valence-electron chi connectivity index (χ3n) is 5.53. The third-order valence-corrected chi connectivity index (χ3v) is 5.53. The first-order chi connectivity index (χ1) is 14.1. The summed E-state index contributed by atoms with van der Waals surface area (Å²) in [4.78, 5) is 37.0. The number of piperidine rings is 2. The molecule has 7 nitrogen and oxygen atoms in total. The number of hydrogen-bond acceptors (Lipinski definition) is 6. The van der Waals surface area contributed by atoms with Crippen LogP contribution in [0.1, 0.15) is 47.2 Å². The second-order valence-corrected chi connectivity index (χ2v) is 7.58. The van der Waals surface area contributed by atoms with Crippen molar-refractivity contribution in [2.45, 2.75) is 44.3 Å². The van der Waals surface area contributed by atoms with Crippen LogP contribution in [0.4, 0.5) is 0 Å². The molecule has 1 aromatic carbocycles. The first kappa shape index (κ1) is 21.2. The Balaban J connectivity index is 1.69. The zero-order valence-electron chi connectivity index (χ0n) is 16.8. The van der Waals surface area contributed by atoms with E-state index in [4.69, 9.17) is 0 Å².